The van der Waals surface area contributed by atoms with E-state index in [-0.39, 0.29) is 27.3 Å². The fourth-order valence-electron chi connectivity index (χ4n) is 2.05. The van der Waals surface area contributed by atoms with Crippen LogP contribution in [0.25, 0.3) is 0 Å². The number of carbonyl (C=O) groups excluding carboxylic acids is 1. The molecule has 0 atom stereocenters. The number of carbonyl (C=O) groups is 1. The second kappa shape index (κ2) is 8.78. The highest BCUT2D eigenvalue weighted by Crippen LogP contribution is 2.32. The van der Waals surface area contributed by atoms with Gasteiger partial charge < -0.3 is 5.32 Å². The Hall–Kier alpha value is -1.02. The van der Waals surface area contributed by atoms with E-state index in [4.69, 9.17) is 46.4 Å². The van der Waals surface area contributed by atoms with Gasteiger partial charge >= 0.3 is 0 Å². The van der Waals surface area contributed by atoms with Crippen LogP contribution in [-0.4, -0.2) is 31.4 Å². The second-order valence-electron chi connectivity index (χ2n) is 5.45. The Morgan fingerprint density at radius 1 is 1.00 bits per heavy atom. The van der Waals surface area contributed by atoms with Crippen LogP contribution < -0.4 is 5.32 Å². The summed E-state index contributed by atoms with van der Waals surface area (Å²) in [5, 5.41) is 3.72. The minimum atomic E-state index is -3.63. The number of rotatable bonds is 6. The quantitative estimate of drug-likeness (QED) is 0.642. The predicted molar refractivity (Wildman–Crippen MR) is 107 cm³/mol. The zero-order valence-corrected chi connectivity index (χ0v) is 17.3. The van der Waals surface area contributed by atoms with Gasteiger partial charge in [0.2, 0.25) is 15.9 Å². The summed E-state index contributed by atoms with van der Waals surface area (Å²) >= 11 is 23.6. The Labute approximate surface area is 171 Å². The number of amides is 1. The molecule has 0 bridgehead atoms. The first kappa shape index (κ1) is 21.3. The SMILES string of the molecule is CS(=O)(=O)N(CC(=O)Nc1cc(Cl)c(Cl)cc1Cl)Cc1ccc(Cl)cc1. The highest BCUT2D eigenvalue weighted by molar-refractivity contribution is 7.88. The lowest BCUT2D eigenvalue weighted by Crippen LogP contribution is -2.36. The van der Waals surface area contributed by atoms with Gasteiger partial charge in [-0.2, -0.15) is 4.31 Å². The third-order valence-electron chi connectivity index (χ3n) is 3.35. The molecule has 0 aromatic heterocycles. The number of sulfonamides is 1. The van der Waals surface area contributed by atoms with Crippen molar-refractivity contribution in [2.24, 2.45) is 0 Å². The number of benzene rings is 2. The number of halogens is 4. The first-order valence-electron chi connectivity index (χ1n) is 7.20. The highest BCUT2D eigenvalue weighted by atomic mass is 35.5. The Bertz CT molecular complexity index is 918. The van der Waals surface area contributed by atoms with Crippen LogP contribution in [0.4, 0.5) is 5.69 Å². The van der Waals surface area contributed by atoms with Gasteiger partial charge in [-0.3, -0.25) is 4.79 Å². The fourth-order valence-corrected chi connectivity index (χ4v) is 3.51. The van der Waals surface area contributed by atoms with Gasteiger partial charge in [0, 0.05) is 11.6 Å². The van der Waals surface area contributed by atoms with Crippen molar-refractivity contribution in [1.82, 2.24) is 4.31 Å². The van der Waals surface area contributed by atoms with E-state index in [1.165, 1.54) is 12.1 Å². The van der Waals surface area contributed by atoms with Gasteiger partial charge in [-0.1, -0.05) is 58.5 Å². The van der Waals surface area contributed by atoms with E-state index in [0.717, 1.165) is 10.6 Å². The average molecular weight is 456 g/mol. The zero-order chi connectivity index (χ0) is 19.5. The summed E-state index contributed by atoms with van der Waals surface area (Å²) in [5.41, 5.74) is 0.936. The van der Waals surface area contributed by atoms with Crippen molar-refractivity contribution in [3.63, 3.8) is 0 Å². The molecule has 0 heterocycles. The zero-order valence-electron chi connectivity index (χ0n) is 13.5. The smallest absolute Gasteiger partial charge is 0.239 e. The minimum Gasteiger partial charge on any atom is -0.324 e. The second-order valence-corrected chi connectivity index (χ2v) is 9.09. The van der Waals surface area contributed by atoms with Crippen LogP contribution in [0, 0.1) is 0 Å². The summed E-state index contributed by atoms with van der Waals surface area (Å²) in [6.07, 6.45) is 1.03. The number of hydrogen-bond acceptors (Lipinski definition) is 3. The molecular formula is C16H14Cl4N2O3S. The molecule has 0 aliphatic carbocycles. The van der Waals surface area contributed by atoms with Crippen molar-refractivity contribution in [1.29, 1.82) is 0 Å². The molecule has 1 amide bonds. The molecule has 2 rings (SSSR count). The lowest BCUT2D eigenvalue weighted by atomic mass is 10.2. The van der Waals surface area contributed by atoms with E-state index >= 15 is 0 Å². The molecule has 26 heavy (non-hydrogen) atoms. The molecule has 0 radical (unpaired) electrons. The standard InChI is InChI=1S/C16H14Cl4N2O3S/c1-26(24,25)22(8-10-2-4-11(17)5-3-10)9-16(23)21-15-7-13(19)12(18)6-14(15)20/h2-7H,8-9H2,1H3,(H,21,23). The number of hydrogen-bond donors (Lipinski definition) is 1. The van der Waals surface area contributed by atoms with Gasteiger partial charge in [0.25, 0.3) is 0 Å². The predicted octanol–water partition coefficient (Wildman–Crippen LogP) is 4.70. The largest absolute Gasteiger partial charge is 0.324 e. The van der Waals surface area contributed by atoms with Gasteiger partial charge in [-0.05, 0) is 29.8 Å². The maximum atomic E-state index is 12.3. The molecule has 0 saturated carbocycles. The number of nitrogens with zero attached hydrogens (tertiary/aromatic N) is 1. The van der Waals surface area contributed by atoms with Crippen LogP contribution in [0.3, 0.4) is 0 Å². The molecule has 0 aliphatic heterocycles. The van der Waals surface area contributed by atoms with Crippen LogP contribution in [-0.2, 0) is 21.4 Å². The van der Waals surface area contributed by atoms with Gasteiger partial charge in [0.15, 0.2) is 0 Å². The van der Waals surface area contributed by atoms with Crippen molar-refractivity contribution >= 4 is 68.0 Å². The highest BCUT2D eigenvalue weighted by Gasteiger charge is 2.21. The molecule has 0 unspecified atom stereocenters. The van der Waals surface area contributed by atoms with Crippen LogP contribution >= 0.6 is 46.4 Å². The van der Waals surface area contributed by atoms with Crippen molar-refractivity contribution in [3.8, 4) is 0 Å². The summed E-state index contributed by atoms with van der Waals surface area (Å²) in [5.74, 6) is -0.565. The Morgan fingerprint density at radius 3 is 2.15 bits per heavy atom. The monoisotopic (exact) mass is 454 g/mol. The first-order valence-corrected chi connectivity index (χ1v) is 10.6. The molecule has 2 aromatic carbocycles. The van der Waals surface area contributed by atoms with Gasteiger partial charge in [-0.25, -0.2) is 8.42 Å². The molecule has 0 saturated heterocycles. The van der Waals surface area contributed by atoms with E-state index < -0.39 is 22.5 Å². The summed E-state index contributed by atoms with van der Waals surface area (Å²) in [7, 11) is -3.63. The molecule has 0 aliphatic rings. The summed E-state index contributed by atoms with van der Waals surface area (Å²) in [6.45, 7) is -0.365. The first-order chi connectivity index (χ1) is 12.1. The molecule has 2 aromatic rings. The van der Waals surface area contributed by atoms with Crippen molar-refractivity contribution in [2.45, 2.75) is 6.54 Å². The molecule has 10 heteroatoms. The number of nitrogens with one attached hydrogen (secondary N) is 1. The van der Waals surface area contributed by atoms with E-state index in [2.05, 4.69) is 5.32 Å². The van der Waals surface area contributed by atoms with Crippen molar-refractivity contribution in [3.05, 3.63) is 62.1 Å². The van der Waals surface area contributed by atoms with Gasteiger partial charge in [0.1, 0.15) is 0 Å². The van der Waals surface area contributed by atoms with E-state index in [0.29, 0.717) is 10.6 Å². The van der Waals surface area contributed by atoms with E-state index in [9.17, 15) is 13.2 Å². The molecule has 0 fully saturated rings. The lowest BCUT2D eigenvalue weighted by Gasteiger charge is -2.20. The average Bonchev–Trinajstić information content (AvgIpc) is 2.53. The molecule has 1 N–H and O–H groups in total. The fraction of sp³-hybridized carbons (Fsp3) is 0.188. The maximum Gasteiger partial charge on any atom is 0.239 e. The van der Waals surface area contributed by atoms with Crippen molar-refractivity contribution in [2.75, 3.05) is 18.1 Å². The van der Waals surface area contributed by atoms with Crippen LogP contribution in [0.5, 0.6) is 0 Å². The third-order valence-corrected chi connectivity index (χ3v) is 5.83. The molecule has 5 nitrogen and oxygen atoms in total. The third kappa shape index (κ3) is 6.01. The normalized spacial score (nSPS) is 11.6. The van der Waals surface area contributed by atoms with Crippen LogP contribution in [0.1, 0.15) is 5.56 Å². The van der Waals surface area contributed by atoms with Gasteiger partial charge in [0.05, 0.1) is 33.6 Å². The molecular weight excluding hydrogens is 442 g/mol. The summed E-state index contributed by atoms with van der Waals surface area (Å²) < 4.78 is 25.1. The van der Waals surface area contributed by atoms with Crippen LogP contribution in [0.15, 0.2) is 36.4 Å². The molecule has 0 spiro atoms. The molecule has 140 valence electrons. The van der Waals surface area contributed by atoms with E-state index in [1.807, 2.05) is 0 Å². The summed E-state index contributed by atoms with van der Waals surface area (Å²) in [4.78, 5) is 12.3. The van der Waals surface area contributed by atoms with Gasteiger partial charge in [-0.15, -0.1) is 0 Å². The van der Waals surface area contributed by atoms with Crippen molar-refractivity contribution < 1.29 is 13.2 Å². The summed E-state index contributed by atoms with van der Waals surface area (Å²) in [6, 6.07) is 9.46. The Morgan fingerprint density at radius 2 is 1.58 bits per heavy atom. The number of anilines is 1. The maximum absolute atomic E-state index is 12.3. The Balaban J connectivity index is 2.14. The van der Waals surface area contributed by atoms with E-state index in [1.54, 1.807) is 24.3 Å². The lowest BCUT2D eigenvalue weighted by molar-refractivity contribution is -0.116. The minimum absolute atomic E-state index is 0.0263. The van der Waals surface area contributed by atoms with Crippen LogP contribution in [0.2, 0.25) is 20.1 Å². The Kier molecular flexibility index (Phi) is 7.19. The topological polar surface area (TPSA) is 66.5 Å².